The second-order valence-electron chi connectivity index (χ2n) is 3.71. The zero-order chi connectivity index (χ0) is 9.68. The van der Waals surface area contributed by atoms with Crippen LogP contribution in [-0.4, -0.2) is 47.5 Å². The number of hydrogen-bond donors (Lipinski definition) is 2. The molecular formula is C10H19NO2. The molecule has 1 aliphatic heterocycles. The van der Waals surface area contributed by atoms with E-state index in [9.17, 15) is 5.11 Å². The quantitative estimate of drug-likeness (QED) is 0.617. The predicted octanol–water partition coefficient (Wildman–Crippen LogP) is 0.238. The van der Waals surface area contributed by atoms with Crippen molar-refractivity contribution in [3.63, 3.8) is 0 Å². The number of hydrogen-bond acceptors (Lipinski definition) is 3. The van der Waals surface area contributed by atoms with Crippen molar-refractivity contribution in [2.45, 2.75) is 18.9 Å². The van der Waals surface area contributed by atoms with Gasteiger partial charge in [0.1, 0.15) is 0 Å². The molecule has 1 atom stereocenters. The maximum absolute atomic E-state index is 9.22. The van der Waals surface area contributed by atoms with Crippen LogP contribution in [-0.2, 0) is 0 Å². The lowest BCUT2D eigenvalue weighted by Gasteiger charge is -2.31. The van der Waals surface area contributed by atoms with E-state index in [0.29, 0.717) is 12.5 Å². The van der Waals surface area contributed by atoms with Crippen molar-refractivity contribution in [1.29, 1.82) is 0 Å². The van der Waals surface area contributed by atoms with Crippen LogP contribution in [0.5, 0.6) is 0 Å². The average molecular weight is 185 g/mol. The highest BCUT2D eigenvalue weighted by Gasteiger charge is 2.18. The van der Waals surface area contributed by atoms with Crippen molar-refractivity contribution in [3.05, 3.63) is 12.7 Å². The fourth-order valence-electron chi connectivity index (χ4n) is 1.73. The molecule has 76 valence electrons. The fraction of sp³-hybridized carbons (Fsp3) is 0.800. The molecule has 0 aliphatic carbocycles. The standard InChI is InChI=1S/C10H19NO2/c1-2-9-3-5-11(6-4-9)7-10(13)8-12/h2,9-10,12-13H,1,3-8H2. The first-order valence-corrected chi connectivity index (χ1v) is 4.90. The summed E-state index contributed by atoms with van der Waals surface area (Å²) in [4.78, 5) is 2.20. The molecule has 1 rings (SSSR count). The summed E-state index contributed by atoms with van der Waals surface area (Å²) >= 11 is 0. The molecule has 3 heteroatoms. The van der Waals surface area contributed by atoms with Gasteiger partial charge in [-0.25, -0.2) is 0 Å². The summed E-state index contributed by atoms with van der Waals surface area (Å²) in [7, 11) is 0. The van der Waals surface area contributed by atoms with Crippen molar-refractivity contribution in [1.82, 2.24) is 4.90 Å². The highest BCUT2D eigenvalue weighted by molar-refractivity contribution is 4.84. The lowest BCUT2D eigenvalue weighted by Crippen LogP contribution is -2.39. The topological polar surface area (TPSA) is 43.7 Å². The van der Waals surface area contributed by atoms with Gasteiger partial charge >= 0.3 is 0 Å². The summed E-state index contributed by atoms with van der Waals surface area (Å²) in [5.41, 5.74) is 0. The minimum Gasteiger partial charge on any atom is -0.394 e. The molecule has 0 spiro atoms. The van der Waals surface area contributed by atoms with Crippen LogP contribution in [0.25, 0.3) is 0 Å². The Hall–Kier alpha value is -0.380. The molecule has 1 fully saturated rings. The van der Waals surface area contributed by atoms with E-state index >= 15 is 0 Å². The first-order chi connectivity index (χ1) is 6.26. The number of likely N-dealkylation sites (tertiary alicyclic amines) is 1. The van der Waals surface area contributed by atoms with E-state index in [1.807, 2.05) is 6.08 Å². The summed E-state index contributed by atoms with van der Waals surface area (Å²) in [6.45, 7) is 6.25. The van der Waals surface area contributed by atoms with Gasteiger partial charge in [0.15, 0.2) is 0 Å². The summed E-state index contributed by atoms with van der Waals surface area (Å²) < 4.78 is 0. The number of aliphatic hydroxyl groups is 2. The highest BCUT2D eigenvalue weighted by atomic mass is 16.3. The maximum Gasteiger partial charge on any atom is 0.0897 e. The van der Waals surface area contributed by atoms with Gasteiger partial charge in [-0.1, -0.05) is 6.08 Å². The van der Waals surface area contributed by atoms with Crippen LogP contribution < -0.4 is 0 Å². The molecule has 2 N–H and O–H groups in total. The molecule has 0 bridgehead atoms. The van der Waals surface area contributed by atoms with Gasteiger partial charge in [-0.05, 0) is 31.8 Å². The summed E-state index contributed by atoms with van der Waals surface area (Å²) in [6, 6.07) is 0. The van der Waals surface area contributed by atoms with Crippen molar-refractivity contribution < 1.29 is 10.2 Å². The smallest absolute Gasteiger partial charge is 0.0897 e. The van der Waals surface area contributed by atoms with Gasteiger partial charge in [-0.2, -0.15) is 0 Å². The van der Waals surface area contributed by atoms with Crippen molar-refractivity contribution >= 4 is 0 Å². The Balaban J connectivity index is 2.20. The van der Waals surface area contributed by atoms with Crippen LogP contribution >= 0.6 is 0 Å². The van der Waals surface area contributed by atoms with Gasteiger partial charge in [0.05, 0.1) is 12.7 Å². The Morgan fingerprint density at radius 3 is 2.54 bits per heavy atom. The molecule has 0 aromatic heterocycles. The number of allylic oxidation sites excluding steroid dienone is 1. The first-order valence-electron chi connectivity index (χ1n) is 4.90. The number of aliphatic hydroxyl groups excluding tert-OH is 2. The second kappa shape index (κ2) is 5.37. The third kappa shape index (κ3) is 3.46. The third-order valence-electron chi connectivity index (χ3n) is 2.65. The Morgan fingerprint density at radius 2 is 2.08 bits per heavy atom. The molecule has 13 heavy (non-hydrogen) atoms. The lowest BCUT2D eigenvalue weighted by atomic mass is 9.97. The van der Waals surface area contributed by atoms with Gasteiger partial charge in [0.2, 0.25) is 0 Å². The minimum absolute atomic E-state index is 0.138. The predicted molar refractivity (Wildman–Crippen MR) is 52.5 cm³/mol. The Labute approximate surface area is 79.7 Å². The monoisotopic (exact) mass is 185 g/mol. The molecule has 1 heterocycles. The number of piperidine rings is 1. The lowest BCUT2D eigenvalue weighted by molar-refractivity contribution is 0.0500. The van der Waals surface area contributed by atoms with Gasteiger partial charge in [0.25, 0.3) is 0 Å². The Bertz CT molecular complexity index is 153. The van der Waals surface area contributed by atoms with E-state index in [0.717, 1.165) is 25.9 Å². The number of β-amino-alcohol motifs (C(OH)–C–C–N with tert-alkyl or cyclic N) is 1. The highest BCUT2D eigenvalue weighted by Crippen LogP contribution is 2.17. The Morgan fingerprint density at radius 1 is 1.46 bits per heavy atom. The van der Waals surface area contributed by atoms with Crippen molar-refractivity contribution in [3.8, 4) is 0 Å². The van der Waals surface area contributed by atoms with E-state index in [1.165, 1.54) is 0 Å². The fourth-order valence-corrected chi connectivity index (χ4v) is 1.73. The molecular weight excluding hydrogens is 166 g/mol. The van der Waals surface area contributed by atoms with Gasteiger partial charge in [-0.15, -0.1) is 6.58 Å². The van der Waals surface area contributed by atoms with E-state index < -0.39 is 6.10 Å². The molecule has 0 amide bonds. The minimum atomic E-state index is -0.583. The van der Waals surface area contributed by atoms with Crippen LogP contribution in [0.2, 0.25) is 0 Å². The van der Waals surface area contributed by atoms with Crippen LogP contribution in [0, 0.1) is 5.92 Å². The van der Waals surface area contributed by atoms with Crippen molar-refractivity contribution in [2.24, 2.45) is 5.92 Å². The largest absolute Gasteiger partial charge is 0.394 e. The number of nitrogens with zero attached hydrogens (tertiary/aromatic N) is 1. The summed E-state index contributed by atoms with van der Waals surface area (Å²) in [6.07, 6.45) is 3.68. The van der Waals surface area contributed by atoms with Crippen molar-refractivity contribution in [2.75, 3.05) is 26.2 Å². The van der Waals surface area contributed by atoms with Gasteiger partial charge in [0, 0.05) is 6.54 Å². The van der Waals surface area contributed by atoms with Crippen LogP contribution in [0.15, 0.2) is 12.7 Å². The molecule has 1 saturated heterocycles. The van der Waals surface area contributed by atoms with Crippen LogP contribution in [0.3, 0.4) is 0 Å². The molecule has 0 aromatic carbocycles. The molecule has 0 saturated carbocycles. The molecule has 0 radical (unpaired) electrons. The zero-order valence-electron chi connectivity index (χ0n) is 8.02. The normalized spacial score (nSPS) is 22.9. The number of rotatable bonds is 4. The van der Waals surface area contributed by atoms with Crippen LogP contribution in [0.4, 0.5) is 0 Å². The summed E-state index contributed by atoms with van der Waals surface area (Å²) in [5, 5.41) is 17.9. The third-order valence-corrected chi connectivity index (χ3v) is 2.65. The maximum atomic E-state index is 9.22. The molecule has 0 aromatic rings. The Kier molecular flexibility index (Phi) is 4.42. The van der Waals surface area contributed by atoms with Gasteiger partial charge in [-0.3, -0.25) is 0 Å². The van der Waals surface area contributed by atoms with E-state index in [4.69, 9.17) is 5.11 Å². The molecule has 3 nitrogen and oxygen atoms in total. The van der Waals surface area contributed by atoms with E-state index in [-0.39, 0.29) is 6.61 Å². The SMILES string of the molecule is C=CC1CCN(CC(O)CO)CC1. The summed E-state index contributed by atoms with van der Waals surface area (Å²) in [5.74, 6) is 0.641. The molecule has 1 aliphatic rings. The average Bonchev–Trinajstić information content (AvgIpc) is 2.19. The first kappa shape index (κ1) is 10.7. The van der Waals surface area contributed by atoms with Crippen LogP contribution in [0.1, 0.15) is 12.8 Å². The zero-order valence-corrected chi connectivity index (χ0v) is 8.02. The molecule has 1 unspecified atom stereocenters. The van der Waals surface area contributed by atoms with E-state index in [2.05, 4.69) is 11.5 Å². The second-order valence-corrected chi connectivity index (χ2v) is 3.71. The van der Waals surface area contributed by atoms with E-state index in [1.54, 1.807) is 0 Å². The van der Waals surface area contributed by atoms with Gasteiger partial charge < -0.3 is 15.1 Å².